The van der Waals surface area contributed by atoms with Crippen LogP contribution >= 0.6 is 11.3 Å². The Labute approximate surface area is 87.3 Å². The molecule has 0 aromatic carbocycles. The van der Waals surface area contributed by atoms with E-state index >= 15 is 0 Å². The molecule has 1 aromatic heterocycles. The van der Waals surface area contributed by atoms with Crippen molar-refractivity contribution in [3.05, 3.63) is 21.9 Å². The lowest BCUT2D eigenvalue weighted by Gasteiger charge is -2.19. The molecule has 1 saturated heterocycles. The molecule has 14 heavy (non-hydrogen) atoms. The summed E-state index contributed by atoms with van der Waals surface area (Å²) in [6.07, 6.45) is 0.330. The van der Waals surface area contributed by atoms with Gasteiger partial charge in [0.25, 0.3) is 0 Å². The zero-order valence-electron chi connectivity index (χ0n) is 7.86. The molecular weight excluding hydrogens is 220 g/mol. The van der Waals surface area contributed by atoms with Crippen LogP contribution < -0.4 is 0 Å². The van der Waals surface area contributed by atoms with Crippen molar-refractivity contribution in [2.24, 2.45) is 0 Å². The third-order valence-electron chi connectivity index (χ3n) is 2.57. The molecule has 1 fully saturated rings. The van der Waals surface area contributed by atoms with Crippen molar-refractivity contribution < 1.29 is 13.5 Å². The predicted octanol–water partition coefficient (Wildman–Crippen LogP) is 1.06. The van der Waals surface area contributed by atoms with Gasteiger partial charge in [0, 0.05) is 4.88 Å². The van der Waals surface area contributed by atoms with E-state index in [1.165, 1.54) is 11.3 Å². The van der Waals surface area contributed by atoms with Gasteiger partial charge in [-0.15, -0.1) is 11.3 Å². The van der Waals surface area contributed by atoms with E-state index in [4.69, 9.17) is 0 Å². The molecule has 1 unspecified atom stereocenters. The van der Waals surface area contributed by atoms with Gasteiger partial charge in [0.1, 0.15) is 5.60 Å². The second-order valence-corrected chi connectivity index (χ2v) is 6.91. The fourth-order valence-electron chi connectivity index (χ4n) is 1.86. The Morgan fingerprint density at radius 3 is 2.71 bits per heavy atom. The van der Waals surface area contributed by atoms with E-state index in [2.05, 4.69) is 0 Å². The molecule has 5 heteroatoms. The third kappa shape index (κ3) is 1.60. The number of sulfone groups is 1. The summed E-state index contributed by atoms with van der Waals surface area (Å²) < 4.78 is 22.6. The standard InChI is InChI=1S/C9H12O3S2/c1-7-2-4-13-8(7)9(10)3-5-14(11,12)6-9/h2,4,10H,3,5-6H2,1H3. The lowest BCUT2D eigenvalue weighted by molar-refractivity contribution is 0.0686. The summed E-state index contributed by atoms with van der Waals surface area (Å²) in [5, 5.41) is 12.1. The molecule has 78 valence electrons. The quantitative estimate of drug-likeness (QED) is 0.788. The molecule has 0 amide bonds. The molecule has 1 aliphatic heterocycles. The Kier molecular flexibility index (Phi) is 2.21. The van der Waals surface area contributed by atoms with Crippen molar-refractivity contribution in [3.8, 4) is 0 Å². The van der Waals surface area contributed by atoms with Gasteiger partial charge in [-0.1, -0.05) is 0 Å². The van der Waals surface area contributed by atoms with Crippen molar-refractivity contribution in [2.75, 3.05) is 11.5 Å². The molecule has 2 rings (SSSR count). The lowest BCUT2D eigenvalue weighted by Crippen LogP contribution is -2.26. The largest absolute Gasteiger partial charge is 0.383 e. The molecule has 1 aliphatic rings. The van der Waals surface area contributed by atoms with Gasteiger partial charge >= 0.3 is 0 Å². The van der Waals surface area contributed by atoms with Crippen molar-refractivity contribution in [3.63, 3.8) is 0 Å². The maximum absolute atomic E-state index is 11.3. The minimum Gasteiger partial charge on any atom is -0.383 e. The molecule has 0 saturated carbocycles. The van der Waals surface area contributed by atoms with E-state index in [1.54, 1.807) is 0 Å². The van der Waals surface area contributed by atoms with Crippen LogP contribution in [0.15, 0.2) is 11.4 Å². The zero-order valence-corrected chi connectivity index (χ0v) is 9.49. The van der Waals surface area contributed by atoms with Crippen LogP contribution in [-0.2, 0) is 15.4 Å². The predicted molar refractivity (Wildman–Crippen MR) is 56.2 cm³/mol. The second-order valence-electron chi connectivity index (χ2n) is 3.81. The molecule has 0 aliphatic carbocycles. The van der Waals surface area contributed by atoms with Gasteiger partial charge in [0.2, 0.25) is 0 Å². The zero-order chi connectivity index (χ0) is 10.4. The fraction of sp³-hybridized carbons (Fsp3) is 0.556. The molecule has 0 radical (unpaired) electrons. The van der Waals surface area contributed by atoms with E-state index in [9.17, 15) is 13.5 Å². The first-order chi connectivity index (χ1) is 6.43. The Hall–Kier alpha value is -0.390. The van der Waals surface area contributed by atoms with Gasteiger partial charge in [-0.05, 0) is 30.4 Å². The van der Waals surface area contributed by atoms with Crippen LogP contribution in [0.1, 0.15) is 16.9 Å². The van der Waals surface area contributed by atoms with Crippen LogP contribution in [-0.4, -0.2) is 25.0 Å². The Balaban J connectivity index is 2.41. The van der Waals surface area contributed by atoms with Crippen molar-refractivity contribution in [1.29, 1.82) is 0 Å². The minimum atomic E-state index is -3.04. The molecule has 2 heterocycles. The number of hydrogen-bond acceptors (Lipinski definition) is 4. The molecule has 0 spiro atoms. The SMILES string of the molecule is Cc1ccsc1C1(O)CCS(=O)(=O)C1. The summed E-state index contributed by atoms with van der Waals surface area (Å²) in [6, 6.07) is 1.91. The maximum atomic E-state index is 11.3. The normalized spacial score (nSPS) is 30.7. The number of aliphatic hydroxyl groups is 1. The van der Waals surface area contributed by atoms with Gasteiger partial charge in [-0.3, -0.25) is 0 Å². The first-order valence-electron chi connectivity index (χ1n) is 4.40. The molecule has 1 aromatic rings. The first kappa shape index (κ1) is 10.1. The Morgan fingerprint density at radius 1 is 1.57 bits per heavy atom. The summed E-state index contributed by atoms with van der Waals surface area (Å²) in [6.45, 7) is 1.90. The van der Waals surface area contributed by atoms with Crippen molar-refractivity contribution in [2.45, 2.75) is 18.9 Å². The smallest absolute Gasteiger partial charge is 0.153 e. The van der Waals surface area contributed by atoms with E-state index in [-0.39, 0.29) is 11.5 Å². The monoisotopic (exact) mass is 232 g/mol. The first-order valence-corrected chi connectivity index (χ1v) is 7.10. The van der Waals surface area contributed by atoms with Gasteiger partial charge in [0.05, 0.1) is 11.5 Å². The Bertz CT molecular complexity index is 446. The van der Waals surface area contributed by atoms with Crippen molar-refractivity contribution in [1.82, 2.24) is 0 Å². The van der Waals surface area contributed by atoms with E-state index in [0.717, 1.165) is 10.4 Å². The summed E-state index contributed by atoms with van der Waals surface area (Å²) in [5.74, 6) is -0.0256. The highest BCUT2D eigenvalue weighted by atomic mass is 32.2. The molecular formula is C9H12O3S2. The average Bonchev–Trinajstić information content (AvgIpc) is 2.57. The summed E-state index contributed by atoms with van der Waals surface area (Å²) in [4.78, 5) is 0.804. The molecule has 1 atom stereocenters. The highest BCUT2D eigenvalue weighted by molar-refractivity contribution is 7.91. The second kappa shape index (κ2) is 3.05. The van der Waals surface area contributed by atoms with Crippen LogP contribution in [0.5, 0.6) is 0 Å². The van der Waals surface area contributed by atoms with E-state index in [1.807, 2.05) is 18.4 Å². The van der Waals surface area contributed by atoms with E-state index in [0.29, 0.717) is 6.42 Å². The van der Waals surface area contributed by atoms with Crippen LogP contribution in [0.3, 0.4) is 0 Å². The van der Waals surface area contributed by atoms with Crippen LogP contribution in [0.25, 0.3) is 0 Å². The fourth-order valence-corrected chi connectivity index (χ4v) is 4.82. The van der Waals surface area contributed by atoms with Crippen LogP contribution in [0, 0.1) is 6.92 Å². The highest BCUT2D eigenvalue weighted by Crippen LogP contribution is 2.37. The number of aryl methyl sites for hydroxylation is 1. The topological polar surface area (TPSA) is 54.4 Å². The van der Waals surface area contributed by atoms with Crippen LogP contribution in [0.2, 0.25) is 0 Å². The highest BCUT2D eigenvalue weighted by Gasteiger charge is 2.43. The third-order valence-corrected chi connectivity index (χ3v) is 5.52. The number of rotatable bonds is 1. The summed E-state index contributed by atoms with van der Waals surface area (Å²) >= 11 is 1.43. The van der Waals surface area contributed by atoms with Crippen molar-refractivity contribution >= 4 is 21.2 Å². The lowest BCUT2D eigenvalue weighted by atomic mass is 9.99. The minimum absolute atomic E-state index is 0.0981. The summed E-state index contributed by atoms with van der Waals surface area (Å²) in [5.41, 5.74) is -0.147. The van der Waals surface area contributed by atoms with Gasteiger partial charge in [-0.25, -0.2) is 8.42 Å². The molecule has 0 bridgehead atoms. The molecule has 1 N–H and O–H groups in total. The Morgan fingerprint density at radius 2 is 2.29 bits per heavy atom. The molecule has 3 nitrogen and oxygen atoms in total. The van der Waals surface area contributed by atoms with Gasteiger partial charge in [-0.2, -0.15) is 0 Å². The van der Waals surface area contributed by atoms with E-state index < -0.39 is 15.4 Å². The number of thiophene rings is 1. The van der Waals surface area contributed by atoms with Crippen LogP contribution in [0.4, 0.5) is 0 Å². The van der Waals surface area contributed by atoms with Gasteiger partial charge in [0.15, 0.2) is 9.84 Å². The maximum Gasteiger partial charge on any atom is 0.153 e. The summed E-state index contributed by atoms with van der Waals surface area (Å²) in [7, 11) is -3.04. The number of hydrogen-bond donors (Lipinski definition) is 1. The average molecular weight is 232 g/mol. The van der Waals surface area contributed by atoms with Gasteiger partial charge < -0.3 is 5.11 Å².